The van der Waals surface area contributed by atoms with Crippen LogP contribution in [-0.4, -0.2) is 41.8 Å². The second kappa shape index (κ2) is 10.7. The number of hydrogen-bond donors (Lipinski definition) is 0. The van der Waals surface area contributed by atoms with E-state index >= 15 is 0 Å². The lowest BCUT2D eigenvalue weighted by molar-refractivity contribution is -0.149. The van der Waals surface area contributed by atoms with Gasteiger partial charge < -0.3 is 14.2 Å². The van der Waals surface area contributed by atoms with E-state index in [1.165, 1.54) is 25.3 Å². The molecule has 1 fully saturated rings. The van der Waals surface area contributed by atoms with Crippen molar-refractivity contribution in [1.82, 2.24) is 4.90 Å². The summed E-state index contributed by atoms with van der Waals surface area (Å²) < 4.78 is 30.0. The van der Waals surface area contributed by atoms with Crippen LogP contribution in [0.15, 0.2) is 41.3 Å². The number of nitrogens with zero attached hydrogens (tertiary/aromatic N) is 1. The Balaban J connectivity index is 1.74. The first-order valence-electron chi connectivity index (χ1n) is 9.88. The van der Waals surface area contributed by atoms with Crippen LogP contribution < -0.4 is 9.47 Å². The van der Waals surface area contributed by atoms with E-state index in [9.17, 15) is 18.8 Å². The van der Waals surface area contributed by atoms with Crippen LogP contribution in [0.1, 0.15) is 25.0 Å². The van der Waals surface area contributed by atoms with E-state index in [0.717, 1.165) is 16.7 Å². The van der Waals surface area contributed by atoms with Crippen LogP contribution in [0.5, 0.6) is 11.5 Å². The molecule has 0 bridgehead atoms. The lowest BCUT2D eigenvalue weighted by Crippen LogP contribution is -2.35. The van der Waals surface area contributed by atoms with Gasteiger partial charge >= 0.3 is 5.97 Å². The van der Waals surface area contributed by atoms with Gasteiger partial charge in [-0.1, -0.05) is 23.7 Å². The Hall–Kier alpha value is -3.04. The number of ether oxygens (including phenoxy) is 3. The Morgan fingerprint density at radius 1 is 1.21 bits per heavy atom. The molecule has 1 aliphatic heterocycles. The first kappa shape index (κ1) is 24.6. The van der Waals surface area contributed by atoms with E-state index in [2.05, 4.69) is 0 Å². The summed E-state index contributed by atoms with van der Waals surface area (Å²) in [5, 5.41) is -0.306. The molecule has 2 aromatic rings. The van der Waals surface area contributed by atoms with Gasteiger partial charge in [-0.15, -0.1) is 0 Å². The number of imide groups is 1. The maximum Gasteiger partial charge on any atom is 0.326 e. The zero-order chi connectivity index (χ0) is 24.1. The Morgan fingerprint density at radius 2 is 1.97 bits per heavy atom. The van der Waals surface area contributed by atoms with E-state index in [1.54, 1.807) is 38.1 Å². The van der Waals surface area contributed by atoms with Crippen molar-refractivity contribution in [3.63, 3.8) is 0 Å². The number of hydrogen-bond acceptors (Lipinski definition) is 7. The maximum absolute atomic E-state index is 14.0. The average Bonchev–Trinajstić information content (AvgIpc) is 3.00. The van der Waals surface area contributed by atoms with E-state index < -0.39 is 29.5 Å². The molecule has 1 heterocycles. The molecule has 3 rings (SSSR count). The van der Waals surface area contributed by atoms with Gasteiger partial charge in [0.05, 0.1) is 23.1 Å². The van der Waals surface area contributed by atoms with Gasteiger partial charge in [0.1, 0.15) is 19.0 Å². The molecule has 1 saturated heterocycles. The normalized spacial score (nSPS) is 14.8. The summed E-state index contributed by atoms with van der Waals surface area (Å²) in [7, 11) is 1.44. The summed E-state index contributed by atoms with van der Waals surface area (Å²) in [6.07, 6.45) is 1.16. The minimum atomic E-state index is -0.660. The Morgan fingerprint density at radius 3 is 2.64 bits per heavy atom. The highest BCUT2D eigenvalue weighted by Crippen LogP contribution is 2.35. The lowest BCUT2D eigenvalue weighted by atomic mass is 10.1. The molecule has 0 N–H and O–H groups in total. The van der Waals surface area contributed by atoms with E-state index in [-0.39, 0.29) is 28.2 Å². The highest BCUT2D eigenvalue weighted by Gasteiger charge is 2.36. The van der Waals surface area contributed by atoms with Crippen LogP contribution >= 0.6 is 23.4 Å². The lowest BCUT2D eigenvalue weighted by Gasteiger charge is -2.13. The van der Waals surface area contributed by atoms with Crippen molar-refractivity contribution >= 4 is 46.6 Å². The topological polar surface area (TPSA) is 82.1 Å². The van der Waals surface area contributed by atoms with Crippen molar-refractivity contribution in [3.05, 3.63) is 63.3 Å². The molecule has 2 amide bonds. The fourth-order valence-electron chi connectivity index (χ4n) is 2.93. The molecule has 0 saturated carbocycles. The molecule has 0 unspecified atom stereocenters. The molecule has 7 nitrogen and oxygen atoms in total. The molecule has 174 valence electrons. The van der Waals surface area contributed by atoms with Gasteiger partial charge in [-0.05, 0) is 61.5 Å². The third-order valence-electron chi connectivity index (χ3n) is 4.45. The van der Waals surface area contributed by atoms with Gasteiger partial charge in [-0.2, -0.15) is 0 Å². The predicted octanol–water partition coefficient (Wildman–Crippen LogP) is 5.05. The van der Waals surface area contributed by atoms with Crippen LogP contribution in [-0.2, 0) is 20.9 Å². The van der Waals surface area contributed by atoms with E-state index in [4.69, 9.17) is 25.8 Å². The fraction of sp³-hybridized carbons (Fsp3) is 0.261. The summed E-state index contributed by atoms with van der Waals surface area (Å²) >= 11 is 6.76. The van der Waals surface area contributed by atoms with Crippen molar-refractivity contribution in [2.45, 2.75) is 26.6 Å². The highest BCUT2D eigenvalue weighted by molar-refractivity contribution is 8.18. The largest absolute Gasteiger partial charge is 0.493 e. The average molecular weight is 494 g/mol. The predicted molar refractivity (Wildman–Crippen MR) is 123 cm³/mol. The van der Waals surface area contributed by atoms with Crippen LogP contribution in [0.3, 0.4) is 0 Å². The molecule has 33 heavy (non-hydrogen) atoms. The number of benzene rings is 2. The number of esters is 1. The summed E-state index contributed by atoms with van der Waals surface area (Å²) in [5.41, 5.74) is 0.786. The first-order chi connectivity index (χ1) is 15.7. The number of amides is 2. The van der Waals surface area contributed by atoms with Crippen molar-refractivity contribution in [1.29, 1.82) is 0 Å². The number of halogens is 2. The van der Waals surface area contributed by atoms with Gasteiger partial charge in [0, 0.05) is 5.56 Å². The minimum absolute atomic E-state index is 0.105. The van der Waals surface area contributed by atoms with Gasteiger partial charge in [0.2, 0.25) is 0 Å². The number of thioether (sulfide) groups is 1. The number of methoxy groups -OCH3 is 1. The second-order valence-corrected chi connectivity index (χ2v) is 8.61. The number of rotatable bonds is 8. The zero-order valence-corrected chi connectivity index (χ0v) is 19.7. The van der Waals surface area contributed by atoms with Crippen LogP contribution in [0.2, 0.25) is 5.02 Å². The first-order valence-corrected chi connectivity index (χ1v) is 11.1. The van der Waals surface area contributed by atoms with Crippen LogP contribution in [0.25, 0.3) is 6.08 Å². The third kappa shape index (κ3) is 6.06. The summed E-state index contributed by atoms with van der Waals surface area (Å²) in [5.74, 6) is -1.04. The Bertz CT molecular complexity index is 1100. The Labute approximate surface area is 199 Å². The molecule has 10 heteroatoms. The minimum Gasteiger partial charge on any atom is -0.493 e. The molecule has 0 spiro atoms. The molecular formula is C23H21ClFNO6S. The molecule has 1 aliphatic rings. The smallest absolute Gasteiger partial charge is 0.326 e. The fourth-order valence-corrected chi connectivity index (χ4v) is 3.99. The molecule has 0 radical (unpaired) electrons. The molecule has 0 aromatic heterocycles. The number of carbonyl (C=O) groups excluding carboxylic acids is 3. The third-order valence-corrected chi connectivity index (χ3v) is 5.71. The van der Waals surface area contributed by atoms with Gasteiger partial charge in [-0.3, -0.25) is 19.3 Å². The molecular weight excluding hydrogens is 473 g/mol. The standard InChI is InChI=1S/C23H21ClFNO6S/c1-13(2)32-21(27)11-26-22(28)20(33-23(26)29)10-14-7-8-18(19(9-14)30-3)31-12-15-16(24)5-4-6-17(15)25/h4-10,13H,11-12H2,1-3H3/b20-10-. The summed E-state index contributed by atoms with van der Waals surface area (Å²) in [6, 6.07) is 9.23. The second-order valence-electron chi connectivity index (χ2n) is 7.21. The molecule has 0 aliphatic carbocycles. The van der Waals surface area contributed by atoms with Crippen molar-refractivity contribution in [2.24, 2.45) is 0 Å². The van der Waals surface area contributed by atoms with Crippen molar-refractivity contribution in [3.8, 4) is 11.5 Å². The van der Waals surface area contributed by atoms with E-state index in [0.29, 0.717) is 17.1 Å². The van der Waals surface area contributed by atoms with Gasteiger partial charge in [-0.25, -0.2) is 4.39 Å². The van der Waals surface area contributed by atoms with Gasteiger partial charge in [0.25, 0.3) is 11.1 Å². The molecule has 0 atom stereocenters. The van der Waals surface area contributed by atoms with Gasteiger partial charge in [0.15, 0.2) is 11.5 Å². The quantitative estimate of drug-likeness (QED) is 0.375. The number of carbonyl (C=O) groups is 3. The van der Waals surface area contributed by atoms with Crippen molar-refractivity contribution in [2.75, 3.05) is 13.7 Å². The zero-order valence-electron chi connectivity index (χ0n) is 18.1. The van der Waals surface area contributed by atoms with Crippen LogP contribution in [0.4, 0.5) is 9.18 Å². The van der Waals surface area contributed by atoms with E-state index in [1.807, 2.05) is 0 Å². The van der Waals surface area contributed by atoms with Crippen molar-refractivity contribution < 1.29 is 33.0 Å². The highest BCUT2D eigenvalue weighted by atomic mass is 35.5. The Kier molecular flexibility index (Phi) is 7.99. The summed E-state index contributed by atoms with van der Waals surface area (Å²) in [6.45, 7) is 2.80. The molecule has 2 aromatic carbocycles. The SMILES string of the molecule is COc1cc(/C=C2\SC(=O)N(CC(=O)OC(C)C)C2=O)ccc1OCc1c(F)cccc1Cl. The van der Waals surface area contributed by atoms with Crippen LogP contribution in [0, 0.1) is 5.82 Å². The monoisotopic (exact) mass is 493 g/mol. The summed E-state index contributed by atoms with van der Waals surface area (Å²) in [4.78, 5) is 37.6. The maximum atomic E-state index is 14.0.